The molecule has 5 rings (SSSR count). The number of para-hydroxylation sites is 1. The average Bonchev–Trinajstić information content (AvgIpc) is 3.28. The number of amides is 3. The number of pyridine rings is 1. The van der Waals surface area contributed by atoms with Crippen LogP contribution in [0.4, 0.5) is 0 Å². The number of hydrazine groups is 1. The van der Waals surface area contributed by atoms with Crippen LogP contribution in [-0.2, 0) is 9.59 Å². The molecule has 1 aliphatic heterocycles. The largest absolute Gasteiger partial charge is 0.353 e. The van der Waals surface area contributed by atoms with Crippen LogP contribution < -0.4 is 5.43 Å². The molecule has 140 valence electrons. The number of aromatic amines is 1. The van der Waals surface area contributed by atoms with E-state index in [0.717, 1.165) is 39.5 Å². The third-order valence-corrected chi connectivity index (χ3v) is 4.80. The predicted molar refractivity (Wildman–Crippen MR) is 107 cm³/mol. The lowest BCUT2D eigenvalue weighted by Gasteiger charge is -2.15. The SMILES string of the molecule is O=C(NN1C(=O)C=CC1=O)c1cc2c([nH]c3ccccc32)c(-c2ccccc2)n1. The Bertz CT molecular complexity index is 1320. The van der Waals surface area contributed by atoms with Crippen molar-refractivity contribution in [2.75, 3.05) is 0 Å². The number of fused-ring (bicyclic) bond motifs is 3. The fourth-order valence-electron chi connectivity index (χ4n) is 3.44. The summed E-state index contributed by atoms with van der Waals surface area (Å²) in [5, 5.41) is 2.45. The Morgan fingerprint density at radius 2 is 1.59 bits per heavy atom. The van der Waals surface area contributed by atoms with E-state index in [0.29, 0.717) is 10.7 Å². The van der Waals surface area contributed by atoms with Crippen LogP contribution in [0, 0.1) is 0 Å². The number of imide groups is 1. The summed E-state index contributed by atoms with van der Waals surface area (Å²) in [4.78, 5) is 44.3. The molecule has 2 N–H and O–H groups in total. The van der Waals surface area contributed by atoms with Gasteiger partial charge in [-0.1, -0.05) is 48.5 Å². The molecule has 7 nitrogen and oxygen atoms in total. The standard InChI is InChI=1S/C22H14N4O3/c27-18-10-11-19(28)26(18)25-22(29)17-12-15-14-8-4-5-9-16(14)23-21(15)20(24-17)13-6-2-1-3-7-13/h1-12,23H,(H,25,29). The van der Waals surface area contributed by atoms with Gasteiger partial charge >= 0.3 is 0 Å². The van der Waals surface area contributed by atoms with Crippen molar-refractivity contribution in [1.29, 1.82) is 0 Å². The second kappa shape index (κ2) is 6.42. The molecule has 2 aromatic heterocycles. The van der Waals surface area contributed by atoms with Gasteiger partial charge in [-0.05, 0) is 12.1 Å². The second-order valence-electron chi connectivity index (χ2n) is 6.60. The first-order chi connectivity index (χ1) is 14.1. The van der Waals surface area contributed by atoms with Crippen LogP contribution in [0.3, 0.4) is 0 Å². The Kier molecular flexibility index (Phi) is 3.74. The summed E-state index contributed by atoms with van der Waals surface area (Å²) in [5.41, 5.74) is 5.63. The van der Waals surface area contributed by atoms with E-state index in [1.54, 1.807) is 6.07 Å². The molecule has 0 aliphatic carbocycles. The molecular weight excluding hydrogens is 368 g/mol. The summed E-state index contributed by atoms with van der Waals surface area (Å²) in [7, 11) is 0. The zero-order chi connectivity index (χ0) is 20.0. The fraction of sp³-hybridized carbons (Fsp3) is 0. The summed E-state index contributed by atoms with van der Waals surface area (Å²) >= 11 is 0. The van der Waals surface area contributed by atoms with E-state index in [1.807, 2.05) is 54.6 Å². The lowest BCUT2D eigenvalue weighted by Crippen LogP contribution is -2.46. The van der Waals surface area contributed by atoms with E-state index in [4.69, 9.17) is 0 Å². The van der Waals surface area contributed by atoms with Gasteiger partial charge in [0.1, 0.15) is 5.69 Å². The maximum absolute atomic E-state index is 12.8. The third kappa shape index (κ3) is 2.76. The Morgan fingerprint density at radius 3 is 2.34 bits per heavy atom. The molecule has 4 aromatic rings. The van der Waals surface area contributed by atoms with Crippen molar-refractivity contribution < 1.29 is 14.4 Å². The first kappa shape index (κ1) is 16.9. The second-order valence-corrected chi connectivity index (χ2v) is 6.60. The van der Waals surface area contributed by atoms with Crippen LogP contribution in [0.15, 0.2) is 72.8 Å². The van der Waals surface area contributed by atoms with Crippen LogP contribution >= 0.6 is 0 Å². The summed E-state index contributed by atoms with van der Waals surface area (Å²) < 4.78 is 0. The van der Waals surface area contributed by atoms with Crippen molar-refractivity contribution in [3.05, 3.63) is 78.5 Å². The highest BCUT2D eigenvalue weighted by molar-refractivity contribution is 6.15. The molecule has 0 spiro atoms. The van der Waals surface area contributed by atoms with Crippen molar-refractivity contribution in [3.8, 4) is 11.3 Å². The van der Waals surface area contributed by atoms with Gasteiger partial charge in [0, 0.05) is 34.0 Å². The first-order valence-electron chi connectivity index (χ1n) is 8.96. The molecule has 0 saturated heterocycles. The van der Waals surface area contributed by atoms with Gasteiger partial charge in [-0.25, -0.2) is 4.98 Å². The minimum Gasteiger partial charge on any atom is -0.353 e. The number of H-pyrrole nitrogens is 1. The van der Waals surface area contributed by atoms with Gasteiger partial charge in [0.2, 0.25) is 0 Å². The molecule has 0 bridgehead atoms. The Balaban J connectivity index is 1.68. The van der Waals surface area contributed by atoms with Crippen molar-refractivity contribution in [3.63, 3.8) is 0 Å². The summed E-state index contributed by atoms with van der Waals surface area (Å²) in [6.45, 7) is 0. The van der Waals surface area contributed by atoms with Gasteiger partial charge in [0.15, 0.2) is 0 Å². The number of benzene rings is 2. The minimum absolute atomic E-state index is 0.105. The molecule has 0 unspecified atom stereocenters. The molecule has 1 aliphatic rings. The topological polar surface area (TPSA) is 95.2 Å². The number of rotatable bonds is 3. The summed E-state index contributed by atoms with van der Waals surface area (Å²) in [6, 6.07) is 18.9. The molecule has 0 saturated carbocycles. The van der Waals surface area contributed by atoms with Gasteiger partial charge in [0.05, 0.1) is 11.2 Å². The Labute approximate surface area is 164 Å². The zero-order valence-corrected chi connectivity index (χ0v) is 15.0. The molecule has 29 heavy (non-hydrogen) atoms. The van der Waals surface area contributed by atoms with E-state index < -0.39 is 17.7 Å². The number of aromatic nitrogens is 2. The number of carbonyl (C=O) groups is 3. The molecule has 3 heterocycles. The number of nitrogens with one attached hydrogen (secondary N) is 2. The van der Waals surface area contributed by atoms with Crippen LogP contribution in [0.25, 0.3) is 33.1 Å². The monoisotopic (exact) mass is 382 g/mol. The highest BCUT2D eigenvalue weighted by atomic mass is 16.2. The lowest BCUT2D eigenvalue weighted by atomic mass is 10.1. The van der Waals surface area contributed by atoms with Gasteiger partial charge < -0.3 is 4.98 Å². The number of carbonyl (C=O) groups excluding carboxylic acids is 3. The minimum atomic E-state index is -0.639. The van der Waals surface area contributed by atoms with E-state index in [-0.39, 0.29) is 5.69 Å². The van der Waals surface area contributed by atoms with Crippen LogP contribution in [0.5, 0.6) is 0 Å². The Hall–Kier alpha value is -4.26. The summed E-state index contributed by atoms with van der Waals surface area (Å²) in [5.74, 6) is -1.83. The maximum Gasteiger partial charge on any atom is 0.288 e. The molecule has 3 amide bonds. The highest BCUT2D eigenvalue weighted by Gasteiger charge is 2.27. The smallest absolute Gasteiger partial charge is 0.288 e. The van der Waals surface area contributed by atoms with E-state index >= 15 is 0 Å². The van der Waals surface area contributed by atoms with Gasteiger partial charge in [-0.2, -0.15) is 5.01 Å². The number of hydrogen-bond acceptors (Lipinski definition) is 4. The number of nitrogens with zero attached hydrogens (tertiary/aromatic N) is 2. The maximum atomic E-state index is 12.8. The molecule has 0 atom stereocenters. The molecule has 0 radical (unpaired) electrons. The zero-order valence-electron chi connectivity index (χ0n) is 15.0. The van der Waals surface area contributed by atoms with E-state index in [9.17, 15) is 14.4 Å². The van der Waals surface area contributed by atoms with Gasteiger partial charge in [0.25, 0.3) is 17.7 Å². The van der Waals surface area contributed by atoms with E-state index in [1.165, 1.54) is 0 Å². The van der Waals surface area contributed by atoms with Gasteiger partial charge in [-0.15, -0.1) is 0 Å². The van der Waals surface area contributed by atoms with Crippen molar-refractivity contribution in [2.45, 2.75) is 0 Å². The van der Waals surface area contributed by atoms with Crippen LogP contribution in [-0.4, -0.2) is 32.7 Å². The average molecular weight is 382 g/mol. The fourth-order valence-corrected chi connectivity index (χ4v) is 3.44. The Morgan fingerprint density at radius 1 is 0.897 bits per heavy atom. The summed E-state index contributed by atoms with van der Waals surface area (Å²) in [6.07, 6.45) is 2.21. The van der Waals surface area contributed by atoms with Crippen LogP contribution in [0.2, 0.25) is 0 Å². The van der Waals surface area contributed by atoms with Gasteiger partial charge in [-0.3, -0.25) is 19.8 Å². The van der Waals surface area contributed by atoms with E-state index in [2.05, 4.69) is 15.4 Å². The lowest BCUT2D eigenvalue weighted by molar-refractivity contribution is -0.139. The van der Waals surface area contributed by atoms with Crippen LogP contribution in [0.1, 0.15) is 10.5 Å². The third-order valence-electron chi connectivity index (χ3n) is 4.80. The molecule has 7 heteroatoms. The normalized spacial score (nSPS) is 13.6. The highest BCUT2D eigenvalue weighted by Crippen LogP contribution is 2.32. The molecule has 2 aromatic carbocycles. The molecular formula is C22H14N4O3. The molecule has 0 fully saturated rings. The number of hydrogen-bond donors (Lipinski definition) is 2. The van der Waals surface area contributed by atoms with Crippen molar-refractivity contribution in [1.82, 2.24) is 20.4 Å². The van der Waals surface area contributed by atoms with Crippen molar-refractivity contribution >= 4 is 39.5 Å². The van der Waals surface area contributed by atoms with Crippen molar-refractivity contribution in [2.24, 2.45) is 0 Å². The first-order valence-corrected chi connectivity index (χ1v) is 8.96. The predicted octanol–water partition coefficient (Wildman–Crippen LogP) is 2.95. The quantitative estimate of drug-likeness (QED) is 0.533.